The van der Waals surface area contributed by atoms with Gasteiger partial charge in [0.05, 0.1) is 15.3 Å². The third kappa shape index (κ3) is 5.71. The van der Waals surface area contributed by atoms with E-state index in [4.69, 9.17) is 0 Å². The summed E-state index contributed by atoms with van der Waals surface area (Å²) < 4.78 is 15.0. The third-order valence-corrected chi connectivity index (χ3v) is 9.30. The van der Waals surface area contributed by atoms with Crippen LogP contribution in [0, 0.1) is 25.6 Å². The first-order chi connectivity index (χ1) is 19.4. The molecule has 0 unspecified atom stereocenters. The highest BCUT2D eigenvalue weighted by molar-refractivity contribution is 14.1. The monoisotopic (exact) mass is 734 g/mol. The lowest BCUT2D eigenvalue weighted by Crippen LogP contribution is -2.47. The third-order valence-electron chi connectivity index (χ3n) is 6.91. The number of nitrogens with zero attached hydrogens (tertiary/aromatic N) is 7. The van der Waals surface area contributed by atoms with Crippen LogP contribution in [0.15, 0.2) is 35.2 Å². The summed E-state index contributed by atoms with van der Waals surface area (Å²) >= 11 is 5.21. The Morgan fingerprint density at radius 2 is 1.88 bits per heavy atom. The maximum atomic E-state index is 13.8. The molecule has 0 aliphatic carbocycles. The highest BCUT2D eigenvalue weighted by atomic mass is 127. The summed E-state index contributed by atoms with van der Waals surface area (Å²) in [4.78, 5) is 58.3. The van der Waals surface area contributed by atoms with Crippen LogP contribution >= 0.6 is 38.5 Å². The van der Waals surface area contributed by atoms with E-state index in [0.29, 0.717) is 40.1 Å². The smallest absolute Gasteiger partial charge is 0.248 e. The summed E-state index contributed by atoms with van der Waals surface area (Å²) in [5.41, 5.74) is 2.72. The molecule has 0 bridgehead atoms. The minimum atomic E-state index is -0.773. The van der Waals surface area contributed by atoms with Crippen LogP contribution in [0.2, 0.25) is 0 Å². The number of fused-ring (bicyclic) bond motifs is 1. The van der Waals surface area contributed by atoms with Gasteiger partial charge < -0.3 is 10.2 Å². The molecule has 0 aromatic carbocycles. The molecule has 212 valence electrons. The number of aryl methyl sites for hydroxylation is 2. The number of carbonyl (C=O) groups is 3. The van der Waals surface area contributed by atoms with E-state index >= 15 is 0 Å². The molecule has 11 nitrogen and oxygen atoms in total. The van der Waals surface area contributed by atoms with Crippen LogP contribution in [0.4, 0.5) is 10.2 Å². The van der Waals surface area contributed by atoms with Gasteiger partial charge in [-0.25, -0.2) is 24.3 Å². The molecule has 5 heterocycles. The quantitative estimate of drug-likeness (QED) is 0.0996. The molecule has 5 rings (SSSR count). The predicted molar refractivity (Wildman–Crippen MR) is 161 cm³/mol. The first kappa shape index (κ1) is 29.1. The zero-order chi connectivity index (χ0) is 29.6. The van der Waals surface area contributed by atoms with Gasteiger partial charge in [0.2, 0.25) is 11.8 Å². The number of halogens is 3. The number of hydrogen-bond acceptors (Lipinski definition) is 8. The molecule has 3 atom stereocenters. The Morgan fingerprint density at radius 1 is 1.17 bits per heavy atom. The number of likely N-dealkylation sites (tertiary alicyclic amines) is 1. The lowest BCUT2D eigenvalue weighted by molar-refractivity contribution is -0.137. The topological polar surface area (TPSA) is 136 Å². The molecule has 1 saturated heterocycles. The van der Waals surface area contributed by atoms with Crippen molar-refractivity contribution in [1.29, 1.82) is 0 Å². The number of Topliss-reactive ketones (excluding diaryl/α,β-unsaturated/α-hetero) is 1. The lowest BCUT2D eigenvalue weighted by atomic mass is 10.1. The Morgan fingerprint density at radius 3 is 2.56 bits per heavy atom. The molecule has 0 spiro atoms. The predicted octanol–water partition coefficient (Wildman–Crippen LogP) is 4.64. The van der Waals surface area contributed by atoms with Crippen molar-refractivity contribution < 1.29 is 18.8 Å². The summed E-state index contributed by atoms with van der Waals surface area (Å²) in [7, 11) is 0. The van der Waals surface area contributed by atoms with Crippen molar-refractivity contribution in [1.82, 2.24) is 34.6 Å². The number of rotatable bonds is 6. The minimum absolute atomic E-state index is 0.0172. The molecule has 4 aromatic heterocycles. The summed E-state index contributed by atoms with van der Waals surface area (Å²) in [5.74, 6) is -0.714. The van der Waals surface area contributed by atoms with Crippen LogP contribution in [0.1, 0.15) is 42.1 Å². The minimum Gasteiger partial charge on any atom is -0.317 e. The van der Waals surface area contributed by atoms with Gasteiger partial charge in [-0.2, -0.15) is 5.10 Å². The number of alkyl halides is 1. The second-order valence-corrected chi connectivity index (χ2v) is 12.0. The second kappa shape index (κ2) is 11.5. The van der Waals surface area contributed by atoms with Gasteiger partial charge in [0.25, 0.3) is 0 Å². The Kier molecular flexibility index (Phi) is 8.14. The zero-order valence-electron chi connectivity index (χ0n) is 22.5. The van der Waals surface area contributed by atoms with E-state index in [1.165, 1.54) is 17.7 Å². The van der Waals surface area contributed by atoms with Crippen LogP contribution in [-0.4, -0.2) is 62.3 Å². The normalized spacial score (nSPS) is 18.6. The van der Waals surface area contributed by atoms with Crippen LogP contribution in [0.25, 0.3) is 22.3 Å². The largest absolute Gasteiger partial charge is 0.317 e. The van der Waals surface area contributed by atoms with E-state index < -0.39 is 17.8 Å². The SMILES string of the molecule is CC(=O)c1nn(CC(=O)N2[C@H](I)[C@@H](C)C[C@H]2C(=O)Nc2nc(Br)c(F)cc2C)c2ccc(-c3cnc(C)nc3)nc12. The van der Waals surface area contributed by atoms with Gasteiger partial charge in [0.1, 0.15) is 34.3 Å². The summed E-state index contributed by atoms with van der Waals surface area (Å²) in [5, 5.41) is 7.19. The zero-order valence-corrected chi connectivity index (χ0v) is 26.3. The second-order valence-electron chi connectivity index (χ2n) is 9.96. The summed E-state index contributed by atoms with van der Waals surface area (Å²) in [6.07, 6.45) is 3.74. The van der Waals surface area contributed by atoms with Crippen molar-refractivity contribution in [3.8, 4) is 11.3 Å². The molecular weight excluding hydrogens is 710 g/mol. The molecule has 0 radical (unpaired) electrons. The Labute approximate surface area is 256 Å². The van der Waals surface area contributed by atoms with Crippen molar-refractivity contribution in [3.63, 3.8) is 0 Å². The van der Waals surface area contributed by atoms with Crippen LogP contribution < -0.4 is 5.32 Å². The molecule has 1 aliphatic heterocycles. The van der Waals surface area contributed by atoms with E-state index in [1.54, 1.807) is 43.3 Å². The van der Waals surface area contributed by atoms with Crippen molar-refractivity contribution >= 4 is 73.0 Å². The number of nitrogens with one attached hydrogen (secondary N) is 1. The van der Waals surface area contributed by atoms with Crippen molar-refractivity contribution in [2.24, 2.45) is 5.92 Å². The van der Waals surface area contributed by atoms with Gasteiger partial charge >= 0.3 is 0 Å². The van der Waals surface area contributed by atoms with E-state index in [9.17, 15) is 18.8 Å². The van der Waals surface area contributed by atoms with Crippen molar-refractivity contribution in [2.75, 3.05) is 5.32 Å². The Bertz CT molecular complexity index is 1700. The van der Waals surface area contributed by atoms with Crippen molar-refractivity contribution in [2.45, 2.75) is 50.8 Å². The molecule has 14 heteroatoms. The maximum Gasteiger partial charge on any atom is 0.248 e. The molecular formula is C27H25BrFIN8O3. The first-order valence-corrected chi connectivity index (χ1v) is 14.7. The fourth-order valence-corrected chi connectivity index (χ4v) is 6.05. The van der Waals surface area contributed by atoms with Crippen molar-refractivity contribution in [3.05, 3.63) is 58.1 Å². The first-order valence-electron chi connectivity index (χ1n) is 12.7. The van der Waals surface area contributed by atoms with E-state index in [1.807, 2.05) is 6.92 Å². The van der Waals surface area contributed by atoms with Gasteiger partial charge in [-0.05, 0) is 65.9 Å². The average molecular weight is 735 g/mol. The van der Waals surface area contributed by atoms with Crippen LogP contribution in [0.3, 0.4) is 0 Å². The number of hydrogen-bond donors (Lipinski definition) is 1. The highest BCUT2D eigenvalue weighted by Crippen LogP contribution is 2.35. The summed E-state index contributed by atoms with van der Waals surface area (Å²) in [6, 6.07) is 4.01. The van der Waals surface area contributed by atoms with Gasteiger partial charge in [-0.15, -0.1) is 0 Å². The van der Waals surface area contributed by atoms with Crippen LogP contribution in [-0.2, 0) is 16.1 Å². The number of aromatic nitrogens is 6. The fraction of sp³-hybridized carbons (Fsp3) is 0.333. The molecule has 1 fully saturated rings. The number of carbonyl (C=O) groups excluding carboxylic acids is 3. The fourth-order valence-electron chi connectivity index (χ4n) is 4.76. The van der Waals surface area contributed by atoms with Gasteiger partial charge in [-0.3, -0.25) is 19.1 Å². The molecule has 0 saturated carbocycles. The molecule has 2 amide bonds. The Balaban J connectivity index is 1.43. The lowest BCUT2D eigenvalue weighted by Gasteiger charge is -2.27. The molecule has 4 aromatic rings. The van der Waals surface area contributed by atoms with E-state index in [-0.39, 0.29) is 44.3 Å². The van der Waals surface area contributed by atoms with Gasteiger partial charge in [0.15, 0.2) is 17.3 Å². The summed E-state index contributed by atoms with van der Waals surface area (Å²) in [6.45, 7) is 6.59. The number of anilines is 1. The average Bonchev–Trinajstić information content (AvgIpc) is 3.44. The molecule has 1 N–H and O–H groups in total. The van der Waals surface area contributed by atoms with E-state index in [2.05, 4.69) is 68.9 Å². The standard InChI is InChI=1S/C27H25BrFIN8O3/c1-12-8-20(27(41)35-26-13(2)7-17(29)24(28)34-26)38(25(12)30)21(40)11-37-19-6-5-18(16-9-31-15(4)32-10-16)33-23(19)22(36-37)14(3)39/h5-7,9-10,12,20,25H,8,11H2,1-4H3,(H,34,35,41)/t12-,20-,25-/m0/s1. The maximum absolute atomic E-state index is 13.8. The Hall–Kier alpha value is -3.40. The highest BCUT2D eigenvalue weighted by Gasteiger charge is 2.44. The van der Waals surface area contributed by atoms with Gasteiger partial charge in [0, 0.05) is 24.9 Å². The number of pyridine rings is 2. The molecule has 1 aliphatic rings. The molecule has 41 heavy (non-hydrogen) atoms. The van der Waals surface area contributed by atoms with Gasteiger partial charge in [-0.1, -0.05) is 29.5 Å². The van der Waals surface area contributed by atoms with Crippen LogP contribution in [0.5, 0.6) is 0 Å². The van der Waals surface area contributed by atoms with E-state index in [0.717, 1.165) is 0 Å². The number of ketones is 1. The number of amides is 2.